The van der Waals surface area contributed by atoms with E-state index in [2.05, 4.69) is 58.6 Å². The lowest BCUT2D eigenvalue weighted by molar-refractivity contribution is 0.0934. The zero-order valence-electron chi connectivity index (χ0n) is 14.7. The van der Waals surface area contributed by atoms with Crippen LogP contribution in [-0.2, 0) is 0 Å². The molecule has 1 aromatic carbocycles. The van der Waals surface area contributed by atoms with Crippen LogP contribution >= 0.6 is 0 Å². The number of aliphatic hydroxyl groups excluding tert-OH is 1. The van der Waals surface area contributed by atoms with Crippen LogP contribution in [0.1, 0.15) is 68.4 Å². The van der Waals surface area contributed by atoms with Crippen molar-refractivity contribution < 1.29 is 5.11 Å². The second-order valence-electron chi connectivity index (χ2n) is 6.62. The van der Waals surface area contributed by atoms with E-state index in [0.29, 0.717) is 6.04 Å². The lowest BCUT2D eigenvalue weighted by atomic mass is 9.95. The maximum absolute atomic E-state index is 10.7. The molecule has 120 valence electrons. The third kappa shape index (κ3) is 5.44. The lowest BCUT2D eigenvalue weighted by Crippen LogP contribution is -2.35. The Hall–Kier alpha value is -0.860. The third-order valence-corrected chi connectivity index (χ3v) is 4.26. The van der Waals surface area contributed by atoms with Gasteiger partial charge >= 0.3 is 0 Å². The molecule has 0 aliphatic heterocycles. The molecule has 1 N–H and O–H groups in total. The van der Waals surface area contributed by atoms with E-state index in [1.54, 1.807) is 0 Å². The molecule has 21 heavy (non-hydrogen) atoms. The van der Waals surface area contributed by atoms with Crippen LogP contribution in [0.25, 0.3) is 0 Å². The second kappa shape index (κ2) is 8.55. The molecule has 0 saturated carbocycles. The summed E-state index contributed by atoms with van der Waals surface area (Å²) in [7, 11) is 0. The molecule has 0 bridgehead atoms. The number of aryl methyl sites for hydroxylation is 3. The fourth-order valence-electron chi connectivity index (χ4n) is 3.16. The molecule has 1 aromatic rings. The van der Waals surface area contributed by atoms with E-state index in [1.807, 2.05) is 0 Å². The average molecular weight is 291 g/mol. The van der Waals surface area contributed by atoms with Crippen LogP contribution < -0.4 is 0 Å². The predicted octanol–water partition coefficient (Wildman–Crippen LogP) is 4.55. The van der Waals surface area contributed by atoms with Crippen LogP contribution in [0.2, 0.25) is 0 Å². The van der Waals surface area contributed by atoms with E-state index in [-0.39, 0.29) is 0 Å². The number of rotatable bonds is 8. The van der Waals surface area contributed by atoms with E-state index >= 15 is 0 Å². The molecular formula is C19H33NO. The Balaban J connectivity index is 2.79. The Morgan fingerprint density at radius 3 is 2.10 bits per heavy atom. The average Bonchev–Trinajstić information content (AvgIpc) is 2.36. The summed E-state index contributed by atoms with van der Waals surface area (Å²) in [6.07, 6.45) is 3.33. The maximum Gasteiger partial charge on any atom is 0.0922 e. The number of benzene rings is 1. The normalized spacial score (nSPS) is 13.2. The van der Waals surface area contributed by atoms with E-state index in [4.69, 9.17) is 0 Å². The molecule has 2 nitrogen and oxygen atoms in total. The van der Waals surface area contributed by atoms with Crippen molar-refractivity contribution in [3.05, 3.63) is 34.4 Å². The first kappa shape index (κ1) is 18.2. The van der Waals surface area contributed by atoms with Gasteiger partial charge in [0, 0.05) is 12.6 Å². The summed E-state index contributed by atoms with van der Waals surface area (Å²) in [6.45, 7) is 14.8. The Kier molecular flexibility index (Phi) is 7.41. The van der Waals surface area contributed by atoms with Crippen LogP contribution in [-0.4, -0.2) is 29.1 Å². The van der Waals surface area contributed by atoms with Gasteiger partial charge in [-0.3, -0.25) is 4.90 Å². The zero-order chi connectivity index (χ0) is 16.0. The highest BCUT2D eigenvalue weighted by atomic mass is 16.3. The molecule has 0 amide bonds. The minimum absolute atomic E-state index is 0.394. The Bertz CT molecular complexity index is 416. The summed E-state index contributed by atoms with van der Waals surface area (Å²) in [5, 5.41) is 10.7. The van der Waals surface area contributed by atoms with Gasteiger partial charge in [0.25, 0.3) is 0 Å². The highest BCUT2D eigenvalue weighted by Crippen LogP contribution is 2.25. The minimum atomic E-state index is -0.394. The van der Waals surface area contributed by atoms with Crippen molar-refractivity contribution in [3.63, 3.8) is 0 Å². The van der Waals surface area contributed by atoms with Gasteiger partial charge in [0.15, 0.2) is 0 Å². The number of hydrogen-bond acceptors (Lipinski definition) is 2. The molecule has 0 aromatic heterocycles. The van der Waals surface area contributed by atoms with Crippen molar-refractivity contribution in [2.45, 2.75) is 73.0 Å². The third-order valence-electron chi connectivity index (χ3n) is 4.26. The standard InChI is InChI=1S/C19H33NO/c1-7-8-9-10-20(14(2)3)13-18(21)19-16(5)11-15(4)12-17(19)6/h11-12,14,18,21H,7-10,13H2,1-6H3. The largest absolute Gasteiger partial charge is 0.387 e. The molecule has 0 radical (unpaired) electrons. The smallest absolute Gasteiger partial charge is 0.0922 e. The summed E-state index contributed by atoms with van der Waals surface area (Å²) >= 11 is 0. The van der Waals surface area contributed by atoms with Gasteiger partial charge in [0.05, 0.1) is 6.10 Å². The van der Waals surface area contributed by atoms with Crippen LogP contribution in [0.4, 0.5) is 0 Å². The van der Waals surface area contributed by atoms with E-state index in [1.165, 1.54) is 36.0 Å². The highest BCUT2D eigenvalue weighted by molar-refractivity contribution is 5.39. The minimum Gasteiger partial charge on any atom is -0.387 e. The van der Waals surface area contributed by atoms with Gasteiger partial charge in [0.2, 0.25) is 0 Å². The fraction of sp³-hybridized carbons (Fsp3) is 0.684. The van der Waals surface area contributed by atoms with Gasteiger partial charge < -0.3 is 5.11 Å². The summed E-state index contributed by atoms with van der Waals surface area (Å²) in [5.41, 5.74) is 4.79. The highest BCUT2D eigenvalue weighted by Gasteiger charge is 2.19. The van der Waals surface area contributed by atoms with Crippen molar-refractivity contribution in [1.29, 1.82) is 0 Å². The van der Waals surface area contributed by atoms with E-state index in [0.717, 1.165) is 18.7 Å². The number of nitrogens with zero attached hydrogens (tertiary/aromatic N) is 1. The predicted molar refractivity (Wildman–Crippen MR) is 91.8 cm³/mol. The van der Waals surface area contributed by atoms with Crippen molar-refractivity contribution in [2.24, 2.45) is 0 Å². The molecule has 0 spiro atoms. The lowest BCUT2D eigenvalue weighted by Gasteiger charge is -2.30. The molecule has 1 atom stereocenters. The Morgan fingerprint density at radius 1 is 1.05 bits per heavy atom. The number of aliphatic hydroxyl groups is 1. The molecule has 0 aliphatic carbocycles. The quantitative estimate of drug-likeness (QED) is 0.710. The second-order valence-corrected chi connectivity index (χ2v) is 6.62. The first-order chi connectivity index (χ1) is 9.86. The van der Waals surface area contributed by atoms with Crippen molar-refractivity contribution in [2.75, 3.05) is 13.1 Å². The van der Waals surface area contributed by atoms with Gasteiger partial charge in [0.1, 0.15) is 0 Å². The van der Waals surface area contributed by atoms with Crippen molar-refractivity contribution in [3.8, 4) is 0 Å². The Morgan fingerprint density at radius 2 is 1.62 bits per heavy atom. The first-order valence-electron chi connectivity index (χ1n) is 8.36. The number of hydrogen-bond donors (Lipinski definition) is 1. The van der Waals surface area contributed by atoms with Crippen LogP contribution in [0.15, 0.2) is 12.1 Å². The topological polar surface area (TPSA) is 23.5 Å². The van der Waals surface area contributed by atoms with Crippen molar-refractivity contribution >= 4 is 0 Å². The SMILES string of the molecule is CCCCCN(CC(O)c1c(C)cc(C)cc1C)C(C)C. The molecule has 0 heterocycles. The Labute approximate surface area is 131 Å². The first-order valence-corrected chi connectivity index (χ1v) is 8.36. The molecule has 0 saturated heterocycles. The summed E-state index contributed by atoms with van der Waals surface area (Å²) in [6, 6.07) is 4.81. The molecule has 0 aliphatic rings. The molecule has 1 unspecified atom stereocenters. The number of unbranched alkanes of at least 4 members (excludes halogenated alkanes) is 2. The molecule has 0 fully saturated rings. The van der Waals surface area contributed by atoms with Crippen LogP contribution in [0.3, 0.4) is 0 Å². The van der Waals surface area contributed by atoms with Crippen LogP contribution in [0.5, 0.6) is 0 Å². The van der Waals surface area contributed by atoms with Crippen molar-refractivity contribution in [1.82, 2.24) is 4.90 Å². The maximum atomic E-state index is 10.7. The monoisotopic (exact) mass is 291 g/mol. The fourth-order valence-corrected chi connectivity index (χ4v) is 3.16. The molecule has 1 rings (SSSR count). The van der Waals surface area contributed by atoms with Gasteiger partial charge in [-0.05, 0) is 64.3 Å². The molecule has 2 heteroatoms. The molecular weight excluding hydrogens is 258 g/mol. The zero-order valence-corrected chi connectivity index (χ0v) is 14.7. The summed E-state index contributed by atoms with van der Waals surface area (Å²) < 4.78 is 0. The van der Waals surface area contributed by atoms with E-state index < -0.39 is 6.10 Å². The van der Waals surface area contributed by atoms with E-state index in [9.17, 15) is 5.11 Å². The van der Waals surface area contributed by atoms with Gasteiger partial charge in [-0.15, -0.1) is 0 Å². The summed E-state index contributed by atoms with van der Waals surface area (Å²) in [5.74, 6) is 0. The van der Waals surface area contributed by atoms with Gasteiger partial charge in [-0.2, -0.15) is 0 Å². The van der Waals surface area contributed by atoms with Gasteiger partial charge in [-0.1, -0.05) is 37.5 Å². The summed E-state index contributed by atoms with van der Waals surface area (Å²) in [4.78, 5) is 2.40. The van der Waals surface area contributed by atoms with Crippen LogP contribution in [0, 0.1) is 20.8 Å². The van der Waals surface area contributed by atoms with Gasteiger partial charge in [-0.25, -0.2) is 0 Å².